The van der Waals surface area contributed by atoms with Crippen molar-refractivity contribution in [2.24, 2.45) is 4.99 Å². The van der Waals surface area contributed by atoms with Crippen LogP contribution in [0.5, 0.6) is 0 Å². The minimum Gasteiger partial charge on any atom is -0.357 e. The summed E-state index contributed by atoms with van der Waals surface area (Å²) < 4.78 is 0. The highest BCUT2D eigenvalue weighted by Gasteiger charge is 1.96. The standard InChI is InChI=1S/C11H19N3S2.HI/c1-3-12-11(13-5-7-15-2)14-8-10-4-6-16-9-10;/h4,6,9H,3,5,7-8H2,1-2H3,(H2,12,13,14);1H. The number of guanidine groups is 1. The molecule has 0 saturated heterocycles. The Morgan fingerprint density at radius 2 is 2.29 bits per heavy atom. The van der Waals surface area contributed by atoms with Crippen LogP contribution in [-0.4, -0.2) is 31.1 Å². The maximum absolute atomic E-state index is 4.52. The molecule has 2 N–H and O–H groups in total. The van der Waals surface area contributed by atoms with Crippen molar-refractivity contribution in [3.63, 3.8) is 0 Å². The molecule has 0 amide bonds. The third-order valence-corrected chi connectivity index (χ3v) is 3.29. The van der Waals surface area contributed by atoms with Crippen LogP contribution >= 0.6 is 47.1 Å². The molecule has 0 aliphatic carbocycles. The van der Waals surface area contributed by atoms with E-state index in [0.717, 1.165) is 31.3 Å². The van der Waals surface area contributed by atoms with Gasteiger partial charge in [0.2, 0.25) is 0 Å². The molecule has 0 saturated carbocycles. The van der Waals surface area contributed by atoms with E-state index in [9.17, 15) is 0 Å². The van der Waals surface area contributed by atoms with Crippen LogP contribution in [-0.2, 0) is 6.54 Å². The summed E-state index contributed by atoms with van der Waals surface area (Å²) in [5.74, 6) is 2.01. The second kappa shape index (κ2) is 11.2. The highest BCUT2D eigenvalue weighted by molar-refractivity contribution is 14.0. The predicted octanol–water partition coefficient (Wildman–Crippen LogP) is 2.78. The highest BCUT2D eigenvalue weighted by Crippen LogP contribution is 2.06. The quantitative estimate of drug-likeness (QED) is 0.342. The maximum Gasteiger partial charge on any atom is 0.191 e. The molecule has 0 aliphatic rings. The Morgan fingerprint density at radius 3 is 2.88 bits per heavy atom. The summed E-state index contributed by atoms with van der Waals surface area (Å²) in [6.45, 7) is 4.68. The van der Waals surface area contributed by atoms with E-state index in [1.165, 1.54) is 5.56 Å². The first-order valence-corrected chi connectivity index (χ1v) is 7.72. The molecular formula is C11H20IN3S2. The minimum atomic E-state index is 0. The lowest BCUT2D eigenvalue weighted by Crippen LogP contribution is -2.38. The van der Waals surface area contributed by atoms with Gasteiger partial charge in [0.05, 0.1) is 6.54 Å². The Hall–Kier alpha value is 0.0500. The van der Waals surface area contributed by atoms with Gasteiger partial charge in [-0.05, 0) is 35.6 Å². The zero-order valence-electron chi connectivity index (χ0n) is 10.2. The summed E-state index contributed by atoms with van der Waals surface area (Å²) in [4.78, 5) is 4.52. The second-order valence-electron chi connectivity index (χ2n) is 3.25. The monoisotopic (exact) mass is 385 g/mol. The van der Waals surface area contributed by atoms with Gasteiger partial charge >= 0.3 is 0 Å². The molecule has 6 heteroatoms. The van der Waals surface area contributed by atoms with Crippen molar-refractivity contribution in [3.05, 3.63) is 22.4 Å². The molecule has 0 aromatic carbocycles. The fourth-order valence-electron chi connectivity index (χ4n) is 1.17. The summed E-state index contributed by atoms with van der Waals surface area (Å²) >= 11 is 3.55. The van der Waals surface area contributed by atoms with E-state index in [1.807, 2.05) is 11.8 Å². The van der Waals surface area contributed by atoms with E-state index in [4.69, 9.17) is 0 Å². The second-order valence-corrected chi connectivity index (χ2v) is 5.01. The third-order valence-electron chi connectivity index (χ3n) is 1.94. The lowest BCUT2D eigenvalue weighted by molar-refractivity contribution is 0.844. The molecule has 0 radical (unpaired) electrons. The van der Waals surface area contributed by atoms with Crippen molar-refractivity contribution in [1.29, 1.82) is 0 Å². The Morgan fingerprint density at radius 1 is 1.47 bits per heavy atom. The molecule has 17 heavy (non-hydrogen) atoms. The number of thiophene rings is 1. The predicted molar refractivity (Wildman–Crippen MR) is 90.9 cm³/mol. The smallest absolute Gasteiger partial charge is 0.191 e. The summed E-state index contributed by atoms with van der Waals surface area (Å²) in [7, 11) is 0. The maximum atomic E-state index is 4.52. The van der Waals surface area contributed by atoms with Gasteiger partial charge in [0, 0.05) is 18.8 Å². The number of nitrogens with zero attached hydrogens (tertiary/aromatic N) is 1. The van der Waals surface area contributed by atoms with Crippen LogP contribution < -0.4 is 10.6 Å². The lowest BCUT2D eigenvalue weighted by atomic mass is 10.3. The van der Waals surface area contributed by atoms with Crippen molar-refractivity contribution >= 4 is 53.0 Å². The summed E-state index contributed by atoms with van der Waals surface area (Å²) in [5.41, 5.74) is 1.27. The Bertz CT molecular complexity index is 302. The van der Waals surface area contributed by atoms with Crippen LogP contribution in [0.3, 0.4) is 0 Å². The van der Waals surface area contributed by atoms with Gasteiger partial charge in [0.1, 0.15) is 0 Å². The van der Waals surface area contributed by atoms with Crippen molar-refractivity contribution in [2.45, 2.75) is 13.5 Å². The fraction of sp³-hybridized carbons (Fsp3) is 0.545. The van der Waals surface area contributed by atoms with Gasteiger partial charge < -0.3 is 10.6 Å². The summed E-state index contributed by atoms with van der Waals surface area (Å²) in [6, 6.07) is 2.11. The molecule has 0 aliphatic heterocycles. The molecule has 0 atom stereocenters. The molecule has 0 fully saturated rings. The van der Waals surface area contributed by atoms with Gasteiger partial charge in [0.15, 0.2) is 5.96 Å². The van der Waals surface area contributed by atoms with Crippen LogP contribution in [0, 0.1) is 0 Å². The molecule has 1 heterocycles. The van der Waals surface area contributed by atoms with Crippen molar-refractivity contribution in [2.75, 3.05) is 25.1 Å². The van der Waals surface area contributed by atoms with Gasteiger partial charge in [-0.1, -0.05) is 0 Å². The van der Waals surface area contributed by atoms with Crippen molar-refractivity contribution in [1.82, 2.24) is 10.6 Å². The Kier molecular flexibility index (Phi) is 11.2. The first-order chi connectivity index (χ1) is 7.86. The van der Waals surface area contributed by atoms with Gasteiger partial charge in [0.25, 0.3) is 0 Å². The van der Waals surface area contributed by atoms with Crippen LogP contribution in [0.4, 0.5) is 0 Å². The van der Waals surface area contributed by atoms with Gasteiger partial charge in [-0.25, -0.2) is 4.99 Å². The van der Waals surface area contributed by atoms with E-state index in [0.29, 0.717) is 0 Å². The zero-order chi connectivity index (χ0) is 11.6. The normalized spacial score (nSPS) is 10.8. The van der Waals surface area contributed by atoms with Gasteiger partial charge in [-0.2, -0.15) is 23.1 Å². The molecule has 3 nitrogen and oxygen atoms in total. The average molecular weight is 385 g/mol. The molecule has 1 rings (SSSR count). The van der Waals surface area contributed by atoms with Crippen LogP contribution in [0.15, 0.2) is 21.8 Å². The number of nitrogens with one attached hydrogen (secondary N) is 2. The average Bonchev–Trinajstić information content (AvgIpc) is 2.79. The van der Waals surface area contributed by atoms with Crippen LogP contribution in [0.2, 0.25) is 0 Å². The van der Waals surface area contributed by atoms with E-state index in [-0.39, 0.29) is 24.0 Å². The summed E-state index contributed by atoms with van der Waals surface area (Å²) in [6.07, 6.45) is 2.11. The highest BCUT2D eigenvalue weighted by atomic mass is 127. The van der Waals surface area contributed by atoms with E-state index in [1.54, 1.807) is 11.3 Å². The van der Waals surface area contributed by atoms with Crippen molar-refractivity contribution in [3.8, 4) is 0 Å². The van der Waals surface area contributed by atoms with E-state index >= 15 is 0 Å². The topological polar surface area (TPSA) is 36.4 Å². The fourth-order valence-corrected chi connectivity index (χ4v) is 2.13. The SMILES string of the molecule is CCNC(=NCc1ccsc1)NCCSC.I. The molecular weight excluding hydrogens is 365 g/mol. The first-order valence-electron chi connectivity index (χ1n) is 5.39. The minimum absolute atomic E-state index is 0. The number of rotatable bonds is 6. The number of aliphatic imine (C=N–C) groups is 1. The third kappa shape index (κ3) is 7.88. The zero-order valence-corrected chi connectivity index (χ0v) is 14.2. The van der Waals surface area contributed by atoms with Crippen LogP contribution in [0.1, 0.15) is 12.5 Å². The molecule has 0 bridgehead atoms. The van der Waals surface area contributed by atoms with Gasteiger partial charge in [-0.15, -0.1) is 24.0 Å². The Balaban J connectivity index is 0.00000256. The van der Waals surface area contributed by atoms with E-state index in [2.05, 4.69) is 45.6 Å². The molecule has 1 aromatic heterocycles. The first kappa shape index (κ1) is 17.1. The Labute approximate surface area is 129 Å². The molecule has 0 spiro atoms. The summed E-state index contributed by atoms with van der Waals surface area (Å²) in [5, 5.41) is 10.8. The molecule has 98 valence electrons. The van der Waals surface area contributed by atoms with Gasteiger partial charge in [-0.3, -0.25) is 0 Å². The van der Waals surface area contributed by atoms with Crippen LogP contribution in [0.25, 0.3) is 0 Å². The van der Waals surface area contributed by atoms with E-state index < -0.39 is 0 Å². The number of halogens is 1. The largest absolute Gasteiger partial charge is 0.357 e. The number of hydrogen-bond acceptors (Lipinski definition) is 3. The van der Waals surface area contributed by atoms with Crippen molar-refractivity contribution < 1.29 is 0 Å². The lowest BCUT2D eigenvalue weighted by Gasteiger charge is -2.10. The number of hydrogen-bond donors (Lipinski definition) is 2. The molecule has 0 unspecified atom stereocenters. The number of thioether (sulfide) groups is 1. The molecule has 1 aromatic rings.